The smallest absolute Gasteiger partial charge is 0.237 e. The average Bonchev–Trinajstić information content (AvgIpc) is 2.81. The number of fused-ring (bicyclic) bond motifs is 1. The molecule has 6 heteroatoms. The van der Waals surface area contributed by atoms with E-state index in [2.05, 4.69) is 10.3 Å². The van der Waals surface area contributed by atoms with Crippen molar-refractivity contribution in [1.82, 2.24) is 10.3 Å². The van der Waals surface area contributed by atoms with E-state index in [1.807, 2.05) is 45.9 Å². The van der Waals surface area contributed by atoms with Gasteiger partial charge in [-0.1, -0.05) is 32.9 Å². The molecule has 1 amide bonds. The minimum absolute atomic E-state index is 0. The van der Waals surface area contributed by atoms with E-state index < -0.39 is 6.04 Å². The maximum atomic E-state index is 11.9. The summed E-state index contributed by atoms with van der Waals surface area (Å²) >= 11 is 0. The van der Waals surface area contributed by atoms with Crippen molar-refractivity contribution < 1.29 is 9.21 Å². The summed E-state index contributed by atoms with van der Waals surface area (Å²) in [5.41, 5.74) is 8.40. The van der Waals surface area contributed by atoms with E-state index in [0.717, 1.165) is 16.7 Å². The lowest BCUT2D eigenvalue weighted by atomic mass is 9.87. The summed E-state index contributed by atoms with van der Waals surface area (Å²) in [5.74, 6) is 0.485. The second kappa shape index (κ2) is 7.11. The van der Waals surface area contributed by atoms with Gasteiger partial charge in [-0.2, -0.15) is 0 Å². The number of aryl methyl sites for hydroxylation is 1. The summed E-state index contributed by atoms with van der Waals surface area (Å²) in [6.07, 6.45) is 0.552. The topological polar surface area (TPSA) is 81.2 Å². The van der Waals surface area contributed by atoms with Gasteiger partial charge in [0, 0.05) is 13.0 Å². The summed E-state index contributed by atoms with van der Waals surface area (Å²) in [5, 5.41) is 2.83. The van der Waals surface area contributed by atoms with Gasteiger partial charge in [-0.05, 0) is 24.0 Å². The van der Waals surface area contributed by atoms with Crippen molar-refractivity contribution in [3.63, 3.8) is 0 Å². The van der Waals surface area contributed by atoms with E-state index in [1.165, 1.54) is 0 Å². The van der Waals surface area contributed by atoms with Crippen LogP contribution in [0.25, 0.3) is 11.1 Å². The van der Waals surface area contributed by atoms with Crippen LogP contribution in [0.5, 0.6) is 0 Å². The quantitative estimate of drug-likeness (QED) is 0.905. The predicted octanol–water partition coefficient (Wildman–Crippen LogP) is 2.59. The number of nitrogens with zero attached hydrogens (tertiary/aromatic N) is 1. The van der Waals surface area contributed by atoms with E-state index in [9.17, 15) is 4.79 Å². The monoisotopic (exact) mass is 325 g/mol. The van der Waals surface area contributed by atoms with Crippen LogP contribution in [0.4, 0.5) is 0 Å². The Morgan fingerprint density at radius 1 is 1.41 bits per heavy atom. The molecule has 122 valence electrons. The van der Waals surface area contributed by atoms with Crippen LogP contribution in [0.3, 0.4) is 0 Å². The first-order valence-electron chi connectivity index (χ1n) is 7.17. The van der Waals surface area contributed by atoms with E-state index in [1.54, 1.807) is 0 Å². The number of aromatic nitrogens is 1. The highest BCUT2D eigenvalue weighted by Gasteiger charge is 2.27. The van der Waals surface area contributed by atoms with E-state index >= 15 is 0 Å². The highest BCUT2D eigenvalue weighted by Crippen LogP contribution is 2.19. The third-order valence-corrected chi connectivity index (χ3v) is 3.52. The van der Waals surface area contributed by atoms with Gasteiger partial charge in [-0.25, -0.2) is 4.98 Å². The maximum Gasteiger partial charge on any atom is 0.237 e. The minimum Gasteiger partial charge on any atom is -0.441 e. The lowest BCUT2D eigenvalue weighted by Crippen LogP contribution is -2.49. The molecule has 1 atom stereocenters. The largest absolute Gasteiger partial charge is 0.441 e. The van der Waals surface area contributed by atoms with Crippen molar-refractivity contribution in [2.75, 3.05) is 6.54 Å². The molecule has 0 radical (unpaired) electrons. The zero-order chi connectivity index (χ0) is 15.6. The molecule has 22 heavy (non-hydrogen) atoms. The average molecular weight is 326 g/mol. The summed E-state index contributed by atoms with van der Waals surface area (Å²) < 4.78 is 5.66. The molecule has 0 fully saturated rings. The van der Waals surface area contributed by atoms with Gasteiger partial charge in [0.25, 0.3) is 0 Å². The summed E-state index contributed by atoms with van der Waals surface area (Å²) in [7, 11) is 0. The van der Waals surface area contributed by atoms with Crippen molar-refractivity contribution in [3.8, 4) is 0 Å². The van der Waals surface area contributed by atoms with Crippen LogP contribution >= 0.6 is 12.4 Å². The number of hydrogen-bond donors (Lipinski definition) is 2. The van der Waals surface area contributed by atoms with Crippen molar-refractivity contribution in [3.05, 3.63) is 29.7 Å². The van der Waals surface area contributed by atoms with Crippen molar-refractivity contribution >= 4 is 29.4 Å². The Labute approximate surface area is 137 Å². The molecule has 0 aliphatic rings. The standard InChI is InChI=1S/C16H23N3O2.ClH/c1-10-6-5-7-11-13(10)19-12(21-11)8-9-18-15(20)14(17)16(2,3)4;/h5-7,14H,8-9,17H2,1-4H3,(H,18,20);1H/t14-;/m1./s1. The third-order valence-electron chi connectivity index (χ3n) is 3.52. The molecule has 2 rings (SSSR count). The Bertz CT molecular complexity index is 646. The molecule has 3 N–H and O–H groups in total. The minimum atomic E-state index is -0.525. The predicted molar refractivity (Wildman–Crippen MR) is 90.1 cm³/mol. The normalized spacial score (nSPS) is 12.8. The van der Waals surface area contributed by atoms with Crippen LogP contribution in [-0.2, 0) is 11.2 Å². The van der Waals surface area contributed by atoms with Gasteiger partial charge in [-0.3, -0.25) is 4.79 Å². The second-order valence-electron chi connectivity index (χ2n) is 6.41. The fourth-order valence-electron chi connectivity index (χ4n) is 2.03. The number of benzene rings is 1. The van der Waals surface area contributed by atoms with Gasteiger partial charge in [0.15, 0.2) is 11.5 Å². The van der Waals surface area contributed by atoms with Crippen LogP contribution in [0.15, 0.2) is 22.6 Å². The molecule has 5 nitrogen and oxygen atoms in total. The Morgan fingerprint density at radius 3 is 2.68 bits per heavy atom. The lowest BCUT2D eigenvalue weighted by Gasteiger charge is -2.25. The van der Waals surface area contributed by atoms with Gasteiger partial charge in [-0.15, -0.1) is 12.4 Å². The number of halogens is 1. The van der Waals surface area contributed by atoms with Crippen molar-refractivity contribution in [2.24, 2.45) is 11.1 Å². The highest BCUT2D eigenvalue weighted by atomic mass is 35.5. The molecule has 0 spiro atoms. The molecule has 0 aliphatic carbocycles. The SMILES string of the molecule is Cc1cccc2oc(CCNC(=O)[C@@H](N)C(C)(C)C)nc12.Cl. The van der Waals surface area contributed by atoms with Crippen molar-refractivity contribution in [1.29, 1.82) is 0 Å². The lowest BCUT2D eigenvalue weighted by molar-refractivity contribution is -0.124. The number of carbonyl (C=O) groups excluding carboxylic acids is 1. The molecule has 0 bridgehead atoms. The Balaban J connectivity index is 0.00000242. The number of nitrogens with one attached hydrogen (secondary N) is 1. The second-order valence-corrected chi connectivity index (χ2v) is 6.41. The number of nitrogens with two attached hydrogens (primary N) is 1. The van der Waals surface area contributed by atoms with Gasteiger partial charge in [0.05, 0.1) is 6.04 Å². The molecule has 1 aromatic heterocycles. The number of rotatable bonds is 4. The molecular weight excluding hydrogens is 302 g/mol. The fourth-order valence-corrected chi connectivity index (χ4v) is 2.03. The van der Waals surface area contributed by atoms with Crippen LogP contribution in [0.1, 0.15) is 32.2 Å². The zero-order valence-electron chi connectivity index (χ0n) is 13.5. The van der Waals surface area contributed by atoms with Gasteiger partial charge in [0.1, 0.15) is 5.52 Å². The maximum absolute atomic E-state index is 11.9. The summed E-state index contributed by atoms with van der Waals surface area (Å²) in [4.78, 5) is 16.4. The van der Waals surface area contributed by atoms with E-state index in [4.69, 9.17) is 10.2 Å². The van der Waals surface area contributed by atoms with Crippen LogP contribution in [0.2, 0.25) is 0 Å². The van der Waals surface area contributed by atoms with Gasteiger partial charge < -0.3 is 15.5 Å². The van der Waals surface area contributed by atoms with Gasteiger partial charge in [0.2, 0.25) is 5.91 Å². The first-order chi connectivity index (χ1) is 9.79. The summed E-state index contributed by atoms with van der Waals surface area (Å²) in [6, 6.07) is 5.31. The van der Waals surface area contributed by atoms with Crippen molar-refractivity contribution in [2.45, 2.75) is 40.2 Å². The molecular formula is C16H24ClN3O2. The number of carbonyl (C=O) groups is 1. The highest BCUT2D eigenvalue weighted by molar-refractivity contribution is 5.85. The molecule has 1 aromatic carbocycles. The first kappa shape index (κ1) is 18.5. The Kier molecular flexibility index (Phi) is 5.97. The third kappa shape index (κ3) is 4.21. The summed E-state index contributed by atoms with van der Waals surface area (Å²) in [6.45, 7) is 8.30. The van der Waals surface area contributed by atoms with E-state index in [-0.39, 0.29) is 23.7 Å². The Morgan fingerprint density at radius 2 is 2.09 bits per heavy atom. The number of hydrogen-bond acceptors (Lipinski definition) is 4. The fraction of sp³-hybridized carbons (Fsp3) is 0.500. The zero-order valence-corrected chi connectivity index (χ0v) is 14.3. The Hall–Kier alpha value is -1.59. The molecule has 0 saturated heterocycles. The molecule has 1 heterocycles. The number of amides is 1. The van der Waals surface area contributed by atoms with E-state index in [0.29, 0.717) is 18.9 Å². The van der Waals surface area contributed by atoms with Crippen LogP contribution in [0, 0.1) is 12.3 Å². The first-order valence-corrected chi connectivity index (χ1v) is 7.17. The molecule has 2 aromatic rings. The number of oxazole rings is 1. The van der Waals surface area contributed by atoms with Crippen LogP contribution in [-0.4, -0.2) is 23.5 Å². The number of para-hydroxylation sites is 1. The molecule has 0 aliphatic heterocycles. The molecule has 0 saturated carbocycles. The van der Waals surface area contributed by atoms with Gasteiger partial charge >= 0.3 is 0 Å². The van der Waals surface area contributed by atoms with Crippen LogP contribution < -0.4 is 11.1 Å². The molecule has 0 unspecified atom stereocenters.